The van der Waals surface area contributed by atoms with E-state index in [2.05, 4.69) is 30.6 Å². The van der Waals surface area contributed by atoms with Gasteiger partial charge in [0, 0.05) is 67.5 Å². The fourth-order valence-electron chi connectivity index (χ4n) is 3.51. The van der Waals surface area contributed by atoms with Crippen LogP contribution in [0.5, 0.6) is 11.8 Å². The number of benzene rings is 2. The van der Waals surface area contributed by atoms with E-state index in [4.69, 9.17) is 15.9 Å². The lowest BCUT2D eigenvalue weighted by atomic mass is 9.99. The number of aromatic nitrogens is 2. The molecule has 1 aromatic heterocycles. The molecule has 0 saturated carbocycles. The SMILES string of the molecule is CNc1cccc(C(/N=C/N)=C(/C=N\C(C=N)=C\NCCN(C)C)c2ccc(Oc3nccc(C)n3)c(F)c2)c1. The first-order valence-electron chi connectivity index (χ1n) is 12.5. The number of nitrogens with zero attached hydrogens (tertiary/aromatic N) is 5. The number of allylic oxidation sites excluding steroid dienone is 2. The lowest BCUT2D eigenvalue weighted by Crippen LogP contribution is -2.23. The molecule has 5 N–H and O–H groups in total. The van der Waals surface area contributed by atoms with Gasteiger partial charge >= 0.3 is 6.01 Å². The number of rotatable bonds is 13. The standard InChI is InChI=1S/C29H34FN9O/c1-20-10-11-35-29(38-20)40-27-9-8-21(15-26(27)30)25(18-36-24(16-31)17-34-12-13-39(3)4)28(37-19-32)22-6-5-7-23(14-22)33-2/h5-11,14-19,31,33-34H,12-13H2,1-4H3,(H2,32,37)/b24-17+,28-25+,31-16?,36-18-. The monoisotopic (exact) mass is 543 g/mol. The molecule has 10 nitrogen and oxygen atoms in total. The number of ether oxygens (including phenoxy) is 1. The van der Waals surface area contributed by atoms with Gasteiger partial charge in [-0.25, -0.2) is 19.4 Å². The zero-order valence-corrected chi connectivity index (χ0v) is 23.0. The second kappa shape index (κ2) is 14.9. The average Bonchev–Trinajstić information content (AvgIpc) is 2.94. The van der Waals surface area contributed by atoms with Crippen LogP contribution in [-0.4, -0.2) is 67.9 Å². The van der Waals surface area contributed by atoms with E-state index in [1.54, 1.807) is 31.5 Å². The van der Waals surface area contributed by atoms with Gasteiger partial charge in [-0.1, -0.05) is 18.2 Å². The fraction of sp³-hybridized carbons (Fsp3) is 0.207. The highest BCUT2D eigenvalue weighted by Gasteiger charge is 2.15. The van der Waals surface area contributed by atoms with Gasteiger partial charge in [0.05, 0.1) is 17.7 Å². The van der Waals surface area contributed by atoms with Crippen LogP contribution >= 0.6 is 0 Å². The third kappa shape index (κ3) is 8.57. The van der Waals surface area contributed by atoms with Gasteiger partial charge < -0.3 is 31.4 Å². The Morgan fingerprint density at radius 1 is 1.15 bits per heavy atom. The van der Waals surface area contributed by atoms with Crippen LogP contribution in [0, 0.1) is 18.2 Å². The lowest BCUT2D eigenvalue weighted by Gasteiger charge is -2.12. The van der Waals surface area contributed by atoms with E-state index in [9.17, 15) is 0 Å². The van der Waals surface area contributed by atoms with Crippen molar-refractivity contribution < 1.29 is 9.13 Å². The molecule has 3 rings (SSSR count). The quantitative estimate of drug-likeness (QED) is 0.109. The van der Waals surface area contributed by atoms with E-state index in [1.807, 2.05) is 50.3 Å². The van der Waals surface area contributed by atoms with Crippen molar-refractivity contribution >= 4 is 35.7 Å². The number of nitrogens with one attached hydrogen (secondary N) is 3. The number of nitrogens with two attached hydrogens (primary N) is 1. The van der Waals surface area contributed by atoms with Gasteiger partial charge in [0.15, 0.2) is 11.6 Å². The molecule has 2 aromatic carbocycles. The summed E-state index contributed by atoms with van der Waals surface area (Å²) in [6, 6.07) is 13.8. The number of likely N-dealkylation sites (N-methyl/N-ethyl adjacent to an activating group) is 1. The molecule has 0 radical (unpaired) electrons. The first-order chi connectivity index (χ1) is 19.3. The summed E-state index contributed by atoms with van der Waals surface area (Å²) in [6.07, 6.45) is 7.04. The van der Waals surface area contributed by atoms with Crippen molar-refractivity contribution in [3.63, 3.8) is 0 Å². The van der Waals surface area contributed by atoms with Gasteiger partial charge in [0.25, 0.3) is 0 Å². The van der Waals surface area contributed by atoms with Crippen molar-refractivity contribution in [1.82, 2.24) is 20.2 Å². The Bertz CT molecular complexity index is 1430. The van der Waals surface area contributed by atoms with E-state index < -0.39 is 5.82 Å². The number of anilines is 1. The highest BCUT2D eigenvalue weighted by atomic mass is 19.1. The van der Waals surface area contributed by atoms with Gasteiger partial charge in [0.1, 0.15) is 0 Å². The van der Waals surface area contributed by atoms with Gasteiger partial charge in [-0.05, 0) is 56.9 Å². The molecule has 0 saturated heterocycles. The van der Waals surface area contributed by atoms with Crippen LogP contribution in [0.25, 0.3) is 11.3 Å². The van der Waals surface area contributed by atoms with Crippen molar-refractivity contribution in [3.8, 4) is 11.8 Å². The highest BCUT2D eigenvalue weighted by Crippen LogP contribution is 2.31. The Labute approximate surface area is 233 Å². The normalized spacial score (nSPS) is 12.6. The predicted octanol–water partition coefficient (Wildman–Crippen LogP) is 4.33. The minimum absolute atomic E-state index is 0.0307. The number of halogens is 1. The molecule has 0 amide bonds. The van der Waals surface area contributed by atoms with Crippen LogP contribution in [0.2, 0.25) is 0 Å². The Kier molecular flexibility index (Phi) is 11.0. The Hall–Kier alpha value is -4.90. The number of aryl methyl sites for hydroxylation is 1. The van der Waals surface area contributed by atoms with Crippen LogP contribution in [0.3, 0.4) is 0 Å². The molecule has 40 heavy (non-hydrogen) atoms. The molecule has 0 atom stereocenters. The minimum atomic E-state index is -0.623. The summed E-state index contributed by atoms with van der Waals surface area (Å²) in [5, 5.41) is 14.0. The minimum Gasteiger partial charge on any atom is -0.421 e. The van der Waals surface area contributed by atoms with E-state index in [0.717, 1.165) is 24.0 Å². The van der Waals surface area contributed by atoms with Crippen molar-refractivity contribution in [1.29, 1.82) is 5.41 Å². The van der Waals surface area contributed by atoms with Crippen LogP contribution in [0.15, 0.2) is 76.6 Å². The molecule has 1 heterocycles. The molecule has 3 aromatic rings. The zero-order chi connectivity index (χ0) is 28.9. The second-order valence-electron chi connectivity index (χ2n) is 8.83. The van der Waals surface area contributed by atoms with Gasteiger partial charge in [-0.2, -0.15) is 0 Å². The van der Waals surface area contributed by atoms with Gasteiger partial charge in [-0.15, -0.1) is 0 Å². The van der Waals surface area contributed by atoms with Crippen molar-refractivity contribution in [2.75, 3.05) is 39.5 Å². The first kappa shape index (κ1) is 29.7. The molecule has 0 aliphatic heterocycles. The van der Waals surface area contributed by atoms with Crippen molar-refractivity contribution in [2.24, 2.45) is 15.7 Å². The number of hydrogen-bond donors (Lipinski definition) is 4. The average molecular weight is 544 g/mol. The summed E-state index contributed by atoms with van der Waals surface area (Å²) < 4.78 is 20.9. The van der Waals surface area contributed by atoms with Gasteiger partial charge in [0.2, 0.25) is 0 Å². The maximum atomic E-state index is 15.3. The van der Waals surface area contributed by atoms with Crippen molar-refractivity contribution in [3.05, 3.63) is 89.3 Å². The molecule has 0 fully saturated rings. The summed E-state index contributed by atoms with van der Waals surface area (Å²) >= 11 is 0. The van der Waals surface area contributed by atoms with Crippen molar-refractivity contribution in [2.45, 2.75) is 6.92 Å². The van der Waals surface area contributed by atoms with Crippen LogP contribution < -0.4 is 21.1 Å². The Morgan fingerprint density at radius 3 is 2.65 bits per heavy atom. The topological polar surface area (TPSA) is 137 Å². The Balaban J connectivity index is 2.09. The number of hydrogen-bond acceptors (Lipinski definition) is 9. The maximum absolute atomic E-state index is 15.3. The summed E-state index contributed by atoms with van der Waals surface area (Å²) in [6.45, 7) is 3.29. The van der Waals surface area contributed by atoms with E-state index in [0.29, 0.717) is 34.8 Å². The van der Waals surface area contributed by atoms with E-state index in [-0.39, 0.29) is 11.8 Å². The summed E-state index contributed by atoms with van der Waals surface area (Å²) in [7, 11) is 5.77. The molecule has 0 aliphatic carbocycles. The Morgan fingerprint density at radius 2 is 1.98 bits per heavy atom. The highest BCUT2D eigenvalue weighted by molar-refractivity contribution is 6.20. The lowest BCUT2D eigenvalue weighted by molar-refractivity contribution is 0.410. The van der Waals surface area contributed by atoms with Crippen LogP contribution in [-0.2, 0) is 0 Å². The van der Waals surface area contributed by atoms with E-state index >= 15 is 4.39 Å². The third-order valence-corrected chi connectivity index (χ3v) is 5.54. The second-order valence-corrected chi connectivity index (χ2v) is 8.83. The molecule has 0 spiro atoms. The molecule has 0 aliphatic rings. The predicted molar refractivity (Wildman–Crippen MR) is 161 cm³/mol. The zero-order valence-electron chi connectivity index (χ0n) is 23.0. The van der Waals surface area contributed by atoms with E-state index in [1.165, 1.54) is 24.7 Å². The molecule has 208 valence electrons. The number of aliphatic imine (C=N–C) groups is 2. The summed E-state index contributed by atoms with van der Waals surface area (Å²) in [5.41, 5.74) is 9.80. The summed E-state index contributed by atoms with van der Waals surface area (Å²) in [5.74, 6) is -0.654. The molecular weight excluding hydrogens is 509 g/mol. The largest absolute Gasteiger partial charge is 0.421 e. The molecule has 0 bridgehead atoms. The maximum Gasteiger partial charge on any atom is 0.322 e. The third-order valence-electron chi connectivity index (χ3n) is 5.54. The summed E-state index contributed by atoms with van der Waals surface area (Å²) in [4.78, 5) is 19.2. The van der Waals surface area contributed by atoms with Crippen LogP contribution in [0.4, 0.5) is 10.1 Å². The molecule has 0 unspecified atom stereocenters. The first-order valence-corrected chi connectivity index (χ1v) is 12.5. The molecule has 11 heteroatoms. The van der Waals surface area contributed by atoms with Gasteiger partial charge in [-0.3, -0.25) is 4.99 Å². The smallest absolute Gasteiger partial charge is 0.322 e. The fourth-order valence-corrected chi connectivity index (χ4v) is 3.51. The van der Waals surface area contributed by atoms with Crippen LogP contribution in [0.1, 0.15) is 16.8 Å². The molecular formula is C29H34FN9O.